The lowest BCUT2D eigenvalue weighted by atomic mass is 10.1. The van der Waals surface area contributed by atoms with Crippen LogP contribution in [0.1, 0.15) is 187 Å². The highest BCUT2D eigenvalue weighted by molar-refractivity contribution is 7.47. The molecule has 0 aliphatic heterocycles. The van der Waals surface area contributed by atoms with Crippen molar-refractivity contribution in [2.75, 3.05) is 40.9 Å². The zero-order chi connectivity index (χ0) is 53.5. The SMILES string of the molecule is CC/C=C\C/C=C\C/C=C\C/C=C\C/C=C\C/C=C\C/C=C\C/C=C\C/C=C\C/C=C\CCCCCCC(=O)NC(COP(=O)(O)OCC[N+](C)(C)C)C(O)/C=C/CC/C=C/CC/C=C/CCCCCCCC. The van der Waals surface area contributed by atoms with Crippen LogP contribution in [0.25, 0.3) is 0 Å². The molecule has 0 fully saturated rings. The number of hydrogen-bond donors (Lipinski definition) is 3. The van der Waals surface area contributed by atoms with Crippen LogP contribution in [0, 0.1) is 0 Å². The molecule has 1 amide bonds. The van der Waals surface area contributed by atoms with Crippen molar-refractivity contribution in [3.05, 3.63) is 158 Å². The summed E-state index contributed by atoms with van der Waals surface area (Å²) < 4.78 is 23.6. The van der Waals surface area contributed by atoms with E-state index in [1.807, 2.05) is 27.2 Å². The van der Waals surface area contributed by atoms with Crippen LogP contribution in [0.5, 0.6) is 0 Å². The fourth-order valence-electron chi connectivity index (χ4n) is 7.04. The maximum atomic E-state index is 13.0. The van der Waals surface area contributed by atoms with Crippen molar-refractivity contribution in [3.8, 4) is 0 Å². The lowest BCUT2D eigenvalue weighted by molar-refractivity contribution is -0.870. The van der Waals surface area contributed by atoms with Crippen LogP contribution < -0.4 is 5.32 Å². The van der Waals surface area contributed by atoms with Crippen molar-refractivity contribution >= 4 is 13.7 Å². The van der Waals surface area contributed by atoms with Gasteiger partial charge in [-0.3, -0.25) is 13.8 Å². The Hall–Kier alpha value is -3.88. The molecule has 3 unspecified atom stereocenters. The summed E-state index contributed by atoms with van der Waals surface area (Å²) in [7, 11) is 1.50. The molecule has 73 heavy (non-hydrogen) atoms. The standard InChI is InChI=1S/C64H105N2O6P/c1-6-8-10-12-14-16-18-20-22-24-25-26-27-28-29-30-31-32-33-34-35-36-37-38-39-40-41-42-44-46-48-50-52-54-56-58-64(68)65-62(61-72-73(69,70)71-60-59-66(3,4)5)63(67)57-55-53-51-49-47-45-43-23-21-19-17-15-13-11-9-7-2/h8,10,14,16,20-23,25-26,28-29,31-32,34-35,37-38,40-41,44,46-47,49,55,57,62-63,67H,6-7,9,11-13,15,17-19,24,27,30,33,36,39,42-43,45,48,50-54,56,58-61H2,1-5H3,(H-,65,68,69,70)/p+1/b10-8-,16-14-,22-20-,23-21+,26-25-,29-28-,32-31-,35-34-,38-37-,41-40-,46-44-,49-47+,57-55+. The molecule has 0 radical (unpaired) electrons. The van der Waals surface area contributed by atoms with Crippen LogP contribution in [0.4, 0.5) is 0 Å². The Morgan fingerprint density at radius 2 is 0.836 bits per heavy atom. The average Bonchev–Trinajstić information content (AvgIpc) is 3.35. The largest absolute Gasteiger partial charge is 0.472 e. The second-order valence-corrected chi connectivity index (χ2v) is 21.0. The minimum Gasteiger partial charge on any atom is -0.387 e. The monoisotopic (exact) mass is 1030 g/mol. The molecule has 0 spiro atoms. The van der Waals surface area contributed by atoms with E-state index in [1.165, 1.54) is 44.9 Å². The topological polar surface area (TPSA) is 105 Å². The highest BCUT2D eigenvalue weighted by Crippen LogP contribution is 2.43. The van der Waals surface area contributed by atoms with Crippen LogP contribution in [0.15, 0.2) is 158 Å². The fraction of sp³-hybridized carbons (Fsp3) is 0.578. The number of carbonyl (C=O) groups is 1. The van der Waals surface area contributed by atoms with Crippen molar-refractivity contribution in [1.82, 2.24) is 5.32 Å². The summed E-state index contributed by atoms with van der Waals surface area (Å²) in [5, 5.41) is 13.8. The molecule has 0 aromatic carbocycles. The molecule has 9 heteroatoms. The van der Waals surface area contributed by atoms with Crippen LogP contribution >= 0.6 is 7.82 Å². The molecule has 0 aromatic rings. The Bertz CT molecular complexity index is 1740. The molecule has 3 atom stereocenters. The zero-order valence-corrected chi connectivity index (χ0v) is 47.7. The molecular weight excluding hydrogens is 924 g/mol. The summed E-state index contributed by atoms with van der Waals surface area (Å²) in [6.45, 7) is 4.61. The first-order valence-corrected chi connectivity index (χ1v) is 29.9. The minimum atomic E-state index is -4.38. The van der Waals surface area contributed by atoms with E-state index in [2.05, 4.69) is 165 Å². The highest BCUT2D eigenvalue weighted by Gasteiger charge is 2.27. The number of unbranched alkanes of at least 4 members (excludes halogenated alkanes) is 12. The molecule has 0 aliphatic rings. The van der Waals surface area contributed by atoms with Crippen molar-refractivity contribution < 1.29 is 32.9 Å². The Morgan fingerprint density at radius 1 is 0.479 bits per heavy atom. The van der Waals surface area contributed by atoms with E-state index < -0.39 is 20.0 Å². The number of phosphoric ester groups is 1. The van der Waals surface area contributed by atoms with Gasteiger partial charge in [-0.1, -0.05) is 217 Å². The smallest absolute Gasteiger partial charge is 0.387 e. The summed E-state index contributed by atoms with van der Waals surface area (Å²) in [5.74, 6) is -0.224. The number of hydrogen-bond acceptors (Lipinski definition) is 5. The van der Waals surface area contributed by atoms with Crippen molar-refractivity contribution in [3.63, 3.8) is 0 Å². The van der Waals surface area contributed by atoms with Crippen molar-refractivity contribution in [2.24, 2.45) is 0 Å². The number of quaternary nitrogens is 1. The number of nitrogens with zero attached hydrogens (tertiary/aromatic N) is 1. The van der Waals surface area contributed by atoms with Crippen LogP contribution in [-0.2, 0) is 18.4 Å². The van der Waals surface area contributed by atoms with E-state index in [0.717, 1.165) is 122 Å². The normalized spacial score (nSPS) is 15.1. The van der Waals surface area contributed by atoms with E-state index in [4.69, 9.17) is 9.05 Å². The number of aliphatic hydroxyl groups is 1. The number of likely N-dealkylation sites (N-methyl/N-ethyl adjacent to an activating group) is 1. The predicted octanol–water partition coefficient (Wildman–Crippen LogP) is 17.5. The molecule has 412 valence electrons. The van der Waals surface area contributed by atoms with Gasteiger partial charge in [0.2, 0.25) is 5.91 Å². The molecule has 0 heterocycles. The number of nitrogens with one attached hydrogen (secondary N) is 1. The van der Waals surface area contributed by atoms with Gasteiger partial charge in [0.25, 0.3) is 0 Å². The number of allylic oxidation sites excluding steroid dienone is 25. The highest BCUT2D eigenvalue weighted by atomic mass is 31.2. The van der Waals surface area contributed by atoms with Gasteiger partial charge >= 0.3 is 7.82 Å². The molecule has 0 saturated carbocycles. The quantitative estimate of drug-likeness (QED) is 0.0243. The number of phosphoric acid groups is 1. The van der Waals surface area contributed by atoms with Gasteiger partial charge in [-0.2, -0.15) is 0 Å². The Kier molecular flexibility index (Phi) is 50.1. The van der Waals surface area contributed by atoms with Crippen LogP contribution in [-0.4, -0.2) is 73.4 Å². The van der Waals surface area contributed by atoms with Gasteiger partial charge in [-0.15, -0.1) is 0 Å². The summed E-state index contributed by atoms with van der Waals surface area (Å²) >= 11 is 0. The summed E-state index contributed by atoms with van der Waals surface area (Å²) in [6.07, 6.45) is 83.4. The van der Waals surface area contributed by atoms with Gasteiger partial charge in [0.15, 0.2) is 0 Å². The predicted molar refractivity (Wildman–Crippen MR) is 317 cm³/mol. The molecule has 0 bridgehead atoms. The van der Waals surface area contributed by atoms with Gasteiger partial charge in [-0.25, -0.2) is 4.57 Å². The van der Waals surface area contributed by atoms with Crippen LogP contribution in [0.3, 0.4) is 0 Å². The molecule has 3 N–H and O–H groups in total. The molecule has 0 rings (SSSR count). The molecule has 0 aliphatic carbocycles. The maximum Gasteiger partial charge on any atom is 0.472 e. The van der Waals surface area contributed by atoms with Crippen molar-refractivity contribution in [2.45, 2.75) is 199 Å². The maximum absolute atomic E-state index is 13.0. The third kappa shape index (κ3) is 55.7. The van der Waals surface area contributed by atoms with Gasteiger partial charge in [0.05, 0.1) is 39.9 Å². The first-order valence-electron chi connectivity index (χ1n) is 28.4. The third-order valence-corrected chi connectivity index (χ3v) is 12.4. The van der Waals surface area contributed by atoms with E-state index in [1.54, 1.807) is 6.08 Å². The van der Waals surface area contributed by atoms with Crippen LogP contribution in [0.2, 0.25) is 0 Å². The van der Waals surface area contributed by atoms with E-state index in [-0.39, 0.29) is 19.1 Å². The molecule has 0 aromatic heterocycles. The van der Waals surface area contributed by atoms with E-state index in [9.17, 15) is 19.4 Å². The van der Waals surface area contributed by atoms with Crippen molar-refractivity contribution in [1.29, 1.82) is 0 Å². The van der Waals surface area contributed by atoms with Gasteiger partial charge in [0.1, 0.15) is 13.2 Å². The summed E-state index contributed by atoms with van der Waals surface area (Å²) in [5.41, 5.74) is 0. The first-order chi connectivity index (χ1) is 35.5. The van der Waals surface area contributed by atoms with E-state index in [0.29, 0.717) is 17.4 Å². The van der Waals surface area contributed by atoms with Gasteiger partial charge < -0.3 is 19.8 Å². The first kappa shape index (κ1) is 69.1. The third-order valence-electron chi connectivity index (χ3n) is 11.5. The lowest BCUT2D eigenvalue weighted by Crippen LogP contribution is -2.45. The number of aliphatic hydroxyl groups excluding tert-OH is 1. The average molecular weight is 1030 g/mol. The Balaban J connectivity index is 4.34. The zero-order valence-electron chi connectivity index (χ0n) is 46.8. The molecular formula is C64H106N2O6P+. The molecule has 0 saturated heterocycles. The lowest BCUT2D eigenvalue weighted by Gasteiger charge is -2.25. The Morgan fingerprint density at radius 3 is 1.26 bits per heavy atom. The Labute approximate surface area is 448 Å². The van der Waals surface area contributed by atoms with Gasteiger partial charge in [-0.05, 0) is 122 Å². The number of rotatable bonds is 49. The fourth-order valence-corrected chi connectivity index (χ4v) is 7.78. The minimum absolute atomic E-state index is 0.0389. The second-order valence-electron chi connectivity index (χ2n) is 19.6. The summed E-state index contributed by atoms with van der Waals surface area (Å²) in [6, 6.07) is -0.896. The molecule has 8 nitrogen and oxygen atoms in total. The van der Waals surface area contributed by atoms with Gasteiger partial charge in [0, 0.05) is 6.42 Å². The van der Waals surface area contributed by atoms with E-state index >= 15 is 0 Å². The number of amides is 1. The second kappa shape index (κ2) is 53.0. The number of carbonyl (C=O) groups excluding carboxylic acids is 1. The summed E-state index contributed by atoms with van der Waals surface area (Å²) in [4.78, 5) is 23.3.